The molecule has 2 N–H and O–H groups in total. The van der Waals surface area contributed by atoms with E-state index in [2.05, 4.69) is 16.3 Å². The van der Waals surface area contributed by atoms with Crippen LogP contribution in [-0.2, 0) is 0 Å². The lowest BCUT2D eigenvalue weighted by atomic mass is 9.85. The zero-order valence-electron chi connectivity index (χ0n) is 9.19. The number of anilines is 2. The van der Waals surface area contributed by atoms with Crippen LogP contribution in [0.5, 0.6) is 5.75 Å². The van der Waals surface area contributed by atoms with Gasteiger partial charge < -0.3 is 15.4 Å². The highest BCUT2D eigenvalue weighted by Crippen LogP contribution is 2.38. The molecule has 1 aromatic rings. The Morgan fingerprint density at radius 3 is 2.87 bits per heavy atom. The standard InChI is InChI=1S/C10H17N3OS/c1-13(6-7-4-3-5-7)10-8(14-2)9(11)12-15-10/h7H,3-6H2,1-2H3,(H2,11,12). The van der Waals surface area contributed by atoms with Crippen LogP contribution in [0.25, 0.3) is 0 Å². The third-order valence-corrected chi connectivity index (χ3v) is 3.92. The fourth-order valence-electron chi connectivity index (χ4n) is 1.87. The SMILES string of the molecule is COc1c(N)nsc1N(C)CC1CCC1. The first kappa shape index (κ1) is 10.5. The number of methoxy groups -OCH3 is 1. The van der Waals surface area contributed by atoms with Gasteiger partial charge in [0, 0.05) is 13.6 Å². The van der Waals surface area contributed by atoms with Gasteiger partial charge in [0.15, 0.2) is 16.6 Å². The Balaban J connectivity index is 2.06. The lowest BCUT2D eigenvalue weighted by molar-refractivity contribution is 0.321. The highest BCUT2D eigenvalue weighted by molar-refractivity contribution is 7.11. The van der Waals surface area contributed by atoms with E-state index in [0.29, 0.717) is 5.82 Å². The van der Waals surface area contributed by atoms with E-state index >= 15 is 0 Å². The number of ether oxygens (including phenoxy) is 1. The molecule has 0 unspecified atom stereocenters. The number of nitrogen functional groups attached to an aromatic ring is 1. The molecule has 0 aliphatic heterocycles. The second-order valence-corrected chi connectivity index (χ2v) is 4.84. The molecule has 1 aliphatic carbocycles. The Labute approximate surface area is 94.2 Å². The van der Waals surface area contributed by atoms with Gasteiger partial charge in [-0.15, -0.1) is 0 Å². The second kappa shape index (κ2) is 4.26. The van der Waals surface area contributed by atoms with Crippen LogP contribution < -0.4 is 15.4 Å². The number of rotatable bonds is 4. The molecule has 1 saturated carbocycles. The van der Waals surface area contributed by atoms with Crippen LogP contribution in [0.1, 0.15) is 19.3 Å². The molecule has 0 spiro atoms. The maximum atomic E-state index is 5.71. The van der Waals surface area contributed by atoms with Gasteiger partial charge in [-0.2, -0.15) is 4.37 Å². The van der Waals surface area contributed by atoms with Gasteiger partial charge in [-0.3, -0.25) is 0 Å². The van der Waals surface area contributed by atoms with E-state index in [-0.39, 0.29) is 0 Å². The first-order valence-corrected chi connectivity index (χ1v) is 6.00. The molecule has 1 fully saturated rings. The molecular formula is C10H17N3OS. The summed E-state index contributed by atoms with van der Waals surface area (Å²) in [6.45, 7) is 1.08. The minimum atomic E-state index is 0.498. The Bertz CT molecular complexity index is 335. The maximum absolute atomic E-state index is 5.71. The maximum Gasteiger partial charge on any atom is 0.197 e. The van der Waals surface area contributed by atoms with Gasteiger partial charge in [0.1, 0.15) is 0 Å². The van der Waals surface area contributed by atoms with Crippen LogP contribution in [0.2, 0.25) is 0 Å². The molecule has 0 aromatic carbocycles. The molecule has 15 heavy (non-hydrogen) atoms. The van der Waals surface area contributed by atoms with Crippen molar-refractivity contribution in [3.8, 4) is 5.75 Å². The molecule has 2 rings (SSSR count). The van der Waals surface area contributed by atoms with Gasteiger partial charge in [0.05, 0.1) is 7.11 Å². The van der Waals surface area contributed by atoms with Crippen LogP contribution in [0, 0.1) is 5.92 Å². The van der Waals surface area contributed by atoms with E-state index in [0.717, 1.165) is 23.2 Å². The van der Waals surface area contributed by atoms with Crippen LogP contribution in [0.4, 0.5) is 10.8 Å². The molecule has 4 nitrogen and oxygen atoms in total. The molecule has 1 aromatic heterocycles. The molecule has 0 radical (unpaired) electrons. The fourth-order valence-corrected chi connectivity index (χ4v) is 2.62. The monoisotopic (exact) mass is 227 g/mol. The van der Waals surface area contributed by atoms with E-state index in [1.807, 2.05) is 0 Å². The number of nitrogens with two attached hydrogens (primary N) is 1. The van der Waals surface area contributed by atoms with Crippen molar-refractivity contribution in [2.75, 3.05) is 31.3 Å². The molecular weight excluding hydrogens is 210 g/mol. The van der Waals surface area contributed by atoms with Crippen molar-refractivity contribution < 1.29 is 4.74 Å². The van der Waals surface area contributed by atoms with Crippen LogP contribution in [0.15, 0.2) is 0 Å². The first-order valence-electron chi connectivity index (χ1n) is 5.22. The largest absolute Gasteiger partial charge is 0.490 e. The number of nitrogens with zero attached hydrogens (tertiary/aromatic N) is 2. The topological polar surface area (TPSA) is 51.4 Å². The summed E-state index contributed by atoms with van der Waals surface area (Å²) in [4.78, 5) is 2.21. The molecule has 0 saturated heterocycles. The van der Waals surface area contributed by atoms with Crippen molar-refractivity contribution in [2.45, 2.75) is 19.3 Å². The molecule has 1 aliphatic rings. The highest BCUT2D eigenvalue weighted by Gasteiger charge is 2.22. The van der Waals surface area contributed by atoms with Gasteiger partial charge in [0.25, 0.3) is 0 Å². The Kier molecular flexibility index (Phi) is 3.00. The lowest BCUT2D eigenvalue weighted by Gasteiger charge is -2.30. The summed E-state index contributed by atoms with van der Waals surface area (Å²) in [6.07, 6.45) is 4.07. The summed E-state index contributed by atoms with van der Waals surface area (Å²) in [6, 6.07) is 0. The fraction of sp³-hybridized carbons (Fsp3) is 0.700. The van der Waals surface area contributed by atoms with Crippen molar-refractivity contribution in [1.82, 2.24) is 4.37 Å². The second-order valence-electron chi connectivity index (χ2n) is 4.08. The van der Waals surface area contributed by atoms with Gasteiger partial charge in [-0.1, -0.05) is 6.42 Å². The summed E-state index contributed by atoms with van der Waals surface area (Å²) < 4.78 is 9.36. The first-order chi connectivity index (χ1) is 7.22. The number of hydrogen-bond acceptors (Lipinski definition) is 5. The van der Waals surface area contributed by atoms with E-state index in [9.17, 15) is 0 Å². The molecule has 0 atom stereocenters. The third-order valence-electron chi connectivity index (χ3n) is 2.96. The Morgan fingerprint density at radius 2 is 2.33 bits per heavy atom. The van der Waals surface area contributed by atoms with Crippen LogP contribution in [0.3, 0.4) is 0 Å². The van der Waals surface area contributed by atoms with Crippen LogP contribution in [-0.4, -0.2) is 25.1 Å². The van der Waals surface area contributed by atoms with E-state index in [4.69, 9.17) is 10.5 Å². The summed E-state index contributed by atoms with van der Waals surface area (Å²) in [5, 5.41) is 1.04. The Hall–Kier alpha value is -0.970. The third kappa shape index (κ3) is 2.02. The highest BCUT2D eigenvalue weighted by atomic mass is 32.1. The van der Waals surface area contributed by atoms with Gasteiger partial charge in [0.2, 0.25) is 0 Å². The summed E-state index contributed by atoms with van der Waals surface area (Å²) >= 11 is 1.41. The average Bonchev–Trinajstić information content (AvgIpc) is 2.52. The molecule has 1 heterocycles. The van der Waals surface area contributed by atoms with Crippen molar-refractivity contribution in [1.29, 1.82) is 0 Å². The van der Waals surface area contributed by atoms with E-state index in [1.54, 1.807) is 7.11 Å². The lowest BCUT2D eigenvalue weighted by Crippen LogP contribution is -2.28. The van der Waals surface area contributed by atoms with Crippen molar-refractivity contribution in [3.63, 3.8) is 0 Å². The van der Waals surface area contributed by atoms with Gasteiger partial charge >= 0.3 is 0 Å². The van der Waals surface area contributed by atoms with Gasteiger partial charge in [-0.05, 0) is 30.3 Å². The van der Waals surface area contributed by atoms with Crippen molar-refractivity contribution >= 4 is 22.4 Å². The average molecular weight is 227 g/mol. The van der Waals surface area contributed by atoms with E-state index < -0.39 is 0 Å². The molecule has 0 amide bonds. The zero-order chi connectivity index (χ0) is 10.8. The minimum absolute atomic E-state index is 0.498. The normalized spacial score (nSPS) is 16.1. The smallest absolute Gasteiger partial charge is 0.197 e. The quantitative estimate of drug-likeness (QED) is 0.854. The molecule has 84 valence electrons. The molecule has 5 heteroatoms. The van der Waals surface area contributed by atoms with Crippen LogP contribution >= 0.6 is 11.5 Å². The minimum Gasteiger partial charge on any atom is -0.490 e. The summed E-state index contributed by atoms with van der Waals surface area (Å²) in [7, 11) is 3.72. The number of aromatic nitrogens is 1. The number of hydrogen-bond donors (Lipinski definition) is 1. The Morgan fingerprint density at radius 1 is 1.60 bits per heavy atom. The van der Waals surface area contributed by atoms with E-state index in [1.165, 1.54) is 30.8 Å². The van der Waals surface area contributed by atoms with Crippen molar-refractivity contribution in [3.05, 3.63) is 0 Å². The zero-order valence-corrected chi connectivity index (χ0v) is 10.0. The summed E-state index contributed by atoms with van der Waals surface area (Å²) in [5.74, 6) is 2.06. The van der Waals surface area contributed by atoms with Gasteiger partial charge in [-0.25, -0.2) is 0 Å². The predicted molar refractivity (Wildman–Crippen MR) is 63.7 cm³/mol. The molecule has 0 bridgehead atoms. The van der Waals surface area contributed by atoms with Crippen molar-refractivity contribution in [2.24, 2.45) is 5.92 Å². The predicted octanol–water partition coefficient (Wildman–Crippen LogP) is 1.97. The summed E-state index contributed by atoms with van der Waals surface area (Å²) in [5.41, 5.74) is 5.71.